The Morgan fingerprint density at radius 3 is 2.56 bits per heavy atom. The zero-order valence-corrected chi connectivity index (χ0v) is 9.98. The number of rotatable bonds is 3. The Bertz CT molecular complexity index is 552. The van der Waals surface area contributed by atoms with E-state index in [1.165, 1.54) is 23.8 Å². The summed E-state index contributed by atoms with van der Waals surface area (Å²) in [4.78, 5) is 15.3. The zero-order valence-electron chi connectivity index (χ0n) is 9.98. The van der Waals surface area contributed by atoms with Crippen LogP contribution in [0.4, 0.5) is 10.1 Å². The number of amides is 1. The van der Waals surface area contributed by atoms with Gasteiger partial charge in [0.05, 0.1) is 0 Å². The molecule has 0 aliphatic carbocycles. The Morgan fingerprint density at radius 2 is 1.94 bits per heavy atom. The lowest BCUT2D eigenvalue weighted by molar-refractivity contribution is 0.102. The van der Waals surface area contributed by atoms with Crippen molar-refractivity contribution in [2.45, 2.75) is 13.3 Å². The highest BCUT2D eigenvalue weighted by Crippen LogP contribution is 2.11. The van der Waals surface area contributed by atoms with E-state index in [0.717, 1.165) is 6.42 Å². The lowest BCUT2D eigenvalue weighted by Crippen LogP contribution is -2.14. The average molecular weight is 244 g/mol. The van der Waals surface area contributed by atoms with Crippen LogP contribution >= 0.6 is 0 Å². The Morgan fingerprint density at radius 1 is 1.22 bits per heavy atom. The van der Waals surface area contributed by atoms with E-state index in [4.69, 9.17) is 0 Å². The average Bonchev–Trinajstić information content (AvgIpc) is 2.39. The quantitative estimate of drug-likeness (QED) is 0.843. The maximum atomic E-state index is 12.9. The third kappa shape index (κ3) is 2.91. The second-order valence-electron chi connectivity index (χ2n) is 3.85. The summed E-state index contributed by atoms with van der Waals surface area (Å²) in [5, 5.41) is 2.67. The predicted octanol–water partition coefficient (Wildman–Crippen LogP) is 3.04. The van der Waals surface area contributed by atoms with Crippen molar-refractivity contribution in [2.75, 3.05) is 5.32 Å². The van der Waals surface area contributed by atoms with Crippen LogP contribution in [0.1, 0.15) is 23.0 Å². The first-order chi connectivity index (χ1) is 8.69. The normalized spacial score (nSPS) is 10.1. The second kappa shape index (κ2) is 5.40. The molecule has 0 radical (unpaired) electrons. The van der Waals surface area contributed by atoms with Crippen LogP contribution in [0.5, 0.6) is 0 Å². The van der Waals surface area contributed by atoms with Gasteiger partial charge in [0.25, 0.3) is 5.91 Å². The molecule has 18 heavy (non-hydrogen) atoms. The lowest BCUT2D eigenvalue weighted by Gasteiger charge is -2.05. The summed E-state index contributed by atoms with van der Waals surface area (Å²) in [6.07, 6.45) is 0.944. The summed E-state index contributed by atoms with van der Waals surface area (Å²) in [6, 6.07) is 11.6. The highest BCUT2D eigenvalue weighted by Gasteiger charge is 2.08. The molecule has 3 nitrogen and oxygen atoms in total. The third-order valence-electron chi connectivity index (χ3n) is 2.57. The number of anilines is 1. The van der Waals surface area contributed by atoms with Gasteiger partial charge in [-0.2, -0.15) is 4.39 Å². The minimum Gasteiger partial charge on any atom is -0.321 e. The molecule has 0 saturated heterocycles. The number of nitrogens with zero attached hydrogens (tertiary/aromatic N) is 1. The van der Waals surface area contributed by atoms with Crippen molar-refractivity contribution >= 4 is 11.6 Å². The highest BCUT2D eigenvalue weighted by atomic mass is 19.1. The van der Waals surface area contributed by atoms with Crippen molar-refractivity contribution in [1.29, 1.82) is 0 Å². The standard InChI is InChI=1S/C14H13FN2O/c1-2-10-6-8-11(9-7-10)16-14(18)12-4-3-5-13(15)17-12/h3-9H,2H2,1H3,(H,16,18). The van der Waals surface area contributed by atoms with Crippen LogP contribution in [-0.4, -0.2) is 10.9 Å². The molecule has 0 saturated carbocycles. The number of aryl methyl sites for hydroxylation is 1. The molecule has 2 aromatic rings. The molecular formula is C14H13FN2O. The fraction of sp³-hybridized carbons (Fsp3) is 0.143. The molecule has 1 aromatic carbocycles. The van der Waals surface area contributed by atoms with Gasteiger partial charge in [-0.25, -0.2) is 4.98 Å². The van der Waals surface area contributed by atoms with E-state index in [1.54, 1.807) is 0 Å². The molecule has 0 unspecified atom stereocenters. The van der Waals surface area contributed by atoms with Gasteiger partial charge in [0.15, 0.2) is 0 Å². The molecule has 2 rings (SSSR count). The topological polar surface area (TPSA) is 42.0 Å². The summed E-state index contributed by atoms with van der Waals surface area (Å²) in [5.74, 6) is -1.08. The second-order valence-corrected chi connectivity index (χ2v) is 3.85. The van der Waals surface area contributed by atoms with Crippen LogP contribution < -0.4 is 5.32 Å². The number of halogens is 1. The molecular weight excluding hydrogens is 231 g/mol. The molecule has 4 heteroatoms. The monoisotopic (exact) mass is 244 g/mol. The Hall–Kier alpha value is -2.23. The molecule has 0 fully saturated rings. The van der Waals surface area contributed by atoms with Crippen molar-refractivity contribution in [3.63, 3.8) is 0 Å². The van der Waals surface area contributed by atoms with E-state index in [1.807, 2.05) is 24.3 Å². The van der Waals surface area contributed by atoms with E-state index in [2.05, 4.69) is 17.2 Å². The molecule has 1 amide bonds. The van der Waals surface area contributed by atoms with Gasteiger partial charge in [-0.3, -0.25) is 4.79 Å². The van der Waals surface area contributed by atoms with Gasteiger partial charge in [0, 0.05) is 5.69 Å². The number of carbonyl (C=O) groups is 1. The van der Waals surface area contributed by atoms with Crippen LogP contribution in [0, 0.1) is 5.95 Å². The van der Waals surface area contributed by atoms with Crippen LogP contribution in [0.25, 0.3) is 0 Å². The maximum Gasteiger partial charge on any atom is 0.274 e. The Kier molecular flexibility index (Phi) is 3.67. The first-order valence-electron chi connectivity index (χ1n) is 5.72. The van der Waals surface area contributed by atoms with Gasteiger partial charge in [-0.15, -0.1) is 0 Å². The number of hydrogen-bond acceptors (Lipinski definition) is 2. The first kappa shape index (κ1) is 12.2. The van der Waals surface area contributed by atoms with Crippen molar-refractivity contribution in [3.8, 4) is 0 Å². The molecule has 1 N–H and O–H groups in total. The molecule has 0 atom stereocenters. The summed E-state index contributed by atoms with van der Waals surface area (Å²) in [6.45, 7) is 2.06. The largest absolute Gasteiger partial charge is 0.321 e. The van der Waals surface area contributed by atoms with Gasteiger partial charge >= 0.3 is 0 Å². The van der Waals surface area contributed by atoms with Crippen molar-refractivity contribution in [3.05, 3.63) is 59.7 Å². The maximum absolute atomic E-state index is 12.9. The van der Waals surface area contributed by atoms with Crippen LogP contribution in [0.3, 0.4) is 0 Å². The minimum absolute atomic E-state index is 0.0644. The smallest absolute Gasteiger partial charge is 0.274 e. The highest BCUT2D eigenvalue weighted by molar-refractivity contribution is 6.02. The van der Waals surface area contributed by atoms with Crippen LogP contribution in [0.2, 0.25) is 0 Å². The molecule has 0 aliphatic rings. The van der Waals surface area contributed by atoms with Gasteiger partial charge in [0.1, 0.15) is 5.69 Å². The number of pyridine rings is 1. The number of aromatic nitrogens is 1. The van der Waals surface area contributed by atoms with Crippen molar-refractivity contribution < 1.29 is 9.18 Å². The molecule has 1 heterocycles. The van der Waals surface area contributed by atoms with Crippen LogP contribution in [0.15, 0.2) is 42.5 Å². The predicted molar refractivity (Wildman–Crippen MR) is 68.0 cm³/mol. The van der Waals surface area contributed by atoms with E-state index in [0.29, 0.717) is 5.69 Å². The van der Waals surface area contributed by atoms with E-state index >= 15 is 0 Å². The molecule has 0 bridgehead atoms. The molecule has 92 valence electrons. The fourth-order valence-corrected chi connectivity index (χ4v) is 1.55. The first-order valence-corrected chi connectivity index (χ1v) is 5.72. The SMILES string of the molecule is CCc1ccc(NC(=O)c2cccc(F)n2)cc1. The minimum atomic E-state index is -0.663. The van der Waals surface area contributed by atoms with Crippen LogP contribution in [-0.2, 0) is 6.42 Å². The van der Waals surface area contributed by atoms with Gasteiger partial charge in [-0.05, 0) is 36.2 Å². The zero-order chi connectivity index (χ0) is 13.0. The Labute approximate surface area is 105 Å². The van der Waals surface area contributed by atoms with Crippen molar-refractivity contribution in [1.82, 2.24) is 4.98 Å². The molecule has 0 spiro atoms. The van der Waals surface area contributed by atoms with Gasteiger partial charge in [-0.1, -0.05) is 25.1 Å². The summed E-state index contributed by atoms with van der Waals surface area (Å²) >= 11 is 0. The Balaban J connectivity index is 2.11. The molecule has 0 aliphatic heterocycles. The van der Waals surface area contributed by atoms with E-state index < -0.39 is 11.9 Å². The summed E-state index contributed by atoms with van der Waals surface area (Å²) in [7, 11) is 0. The molecule has 1 aromatic heterocycles. The number of carbonyl (C=O) groups excluding carboxylic acids is 1. The number of nitrogens with one attached hydrogen (secondary N) is 1. The van der Waals surface area contributed by atoms with Gasteiger partial charge < -0.3 is 5.32 Å². The van der Waals surface area contributed by atoms with Crippen molar-refractivity contribution in [2.24, 2.45) is 0 Å². The summed E-state index contributed by atoms with van der Waals surface area (Å²) < 4.78 is 12.9. The number of benzene rings is 1. The fourth-order valence-electron chi connectivity index (χ4n) is 1.55. The van der Waals surface area contributed by atoms with E-state index in [9.17, 15) is 9.18 Å². The number of hydrogen-bond donors (Lipinski definition) is 1. The van der Waals surface area contributed by atoms with E-state index in [-0.39, 0.29) is 5.69 Å². The van der Waals surface area contributed by atoms with Gasteiger partial charge in [0.2, 0.25) is 5.95 Å². The third-order valence-corrected chi connectivity index (χ3v) is 2.57. The summed E-state index contributed by atoms with van der Waals surface area (Å²) in [5.41, 5.74) is 1.93. The lowest BCUT2D eigenvalue weighted by atomic mass is 10.1.